The van der Waals surface area contributed by atoms with E-state index in [4.69, 9.17) is 5.84 Å². The van der Waals surface area contributed by atoms with Crippen molar-refractivity contribution >= 4 is 29.3 Å². The van der Waals surface area contributed by atoms with Crippen LogP contribution in [0.1, 0.15) is 30.1 Å². The molecule has 3 N–H and O–H groups in total. The lowest BCUT2D eigenvalue weighted by atomic mass is 10.2. The summed E-state index contributed by atoms with van der Waals surface area (Å²) >= 11 is 0. The van der Waals surface area contributed by atoms with Crippen molar-refractivity contribution in [2.75, 3.05) is 12.0 Å². The summed E-state index contributed by atoms with van der Waals surface area (Å²) in [5.74, 6) is 3.51. The van der Waals surface area contributed by atoms with E-state index in [2.05, 4.69) is 10.4 Å². The van der Waals surface area contributed by atoms with Crippen LogP contribution in [-0.4, -0.2) is 45.1 Å². The second-order valence-corrected chi connectivity index (χ2v) is 4.74. The third-order valence-electron chi connectivity index (χ3n) is 3.03. The number of imide groups is 1. The third kappa shape index (κ3) is 3.09. The van der Waals surface area contributed by atoms with Crippen molar-refractivity contribution in [3.63, 3.8) is 0 Å². The Labute approximate surface area is 126 Å². The number of amides is 3. The van der Waals surface area contributed by atoms with Gasteiger partial charge in [-0.15, -0.1) is 0 Å². The second-order valence-electron chi connectivity index (χ2n) is 4.74. The number of nitrogens with zero attached hydrogens (tertiary/aromatic N) is 3. The summed E-state index contributed by atoms with van der Waals surface area (Å²) in [6.45, 7) is 0.901. The minimum Gasteiger partial charge on any atom is -0.308 e. The van der Waals surface area contributed by atoms with Crippen LogP contribution < -0.4 is 11.3 Å². The summed E-state index contributed by atoms with van der Waals surface area (Å²) < 4.78 is 0. The summed E-state index contributed by atoms with van der Waals surface area (Å²) in [6, 6.07) is 2.90. The number of anilines is 1. The molecule has 0 bridgehead atoms. The van der Waals surface area contributed by atoms with Crippen LogP contribution in [0.4, 0.5) is 5.82 Å². The molecule has 1 aromatic heterocycles. The largest absolute Gasteiger partial charge is 0.308 e. The van der Waals surface area contributed by atoms with Gasteiger partial charge < -0.3 is 5.43 Å². The number of ketones is 1. The highest BCUT2D eigenvalue weighted by molar-refractivity contribution is 6.06. The van der Waals surface area contributed by atoms with E-state index >= 15 is 0 Å². The van der Waals surface area contributed by atoms with E-state index in [-0.39, 0.29) is 30.7 Å². The van der Waals surface area contributed by atoms with Gasteiger partial charge in [-0.2, -0.15) is 5.01 Å². The van der Waals surface area contributed by atoms with Gasteiger partial charge in [0.2, 0.25) is 11.8 Å². The molecule has 0 spiro atoms. The van der Waals surface area contributed by atoms with Crippen LogP contribution in [0, 0.1) is 0 Å². The average Bonchev–Trinajstić information content (AvgIpc) is 2.83. The second kappa shape index (κ2) is 6.31. The molecule has 2 heterocycles. The lowest BCUT2D eigenvalue weighted by molar-refractivity contribution is -0.153. The fraction of sp³-hybridized carbons (Fsp3) is 0.308. The zero-order valence-corrected chi connectivity index (χ0v) is 11.9. The number of Topliss-reactive ketones (excluding diaryl/α,β-unsaturated/α-hetero) is 1. The molecule has 2 rings (SSSR count). The standard InChI is InChI=1S/C13H15N5O4/c1-8(19)7-17(18-11(20)4-5-12(18)21)13(22)9-2-3-10(16-14)15-6-9/h2-3,6H,4-5,7,14H2,1H3,(H,15,16). The van der Waals surface area contributed by atoms with Gasteiger partial charge in [0.1, 0.15) is 12.4 Å². The average molecular weight is 305 g/mol. The van der Waals surface area contributed by atoms with E-state index in [0.29, 0.717) is 5.82 Å². The number of hydrogen-bond donors (Lipinski definition) is 2. The zero-order valence-electron chi connectivity index (χ0n) is 11.9. The first-order valence-electron chi connectivity index (χ1n) is 6.53. The molecule has 22 heavy (non-hydrogen) atoms. The Hall–Kier alpha value is -2.81. The third-order valence-corrected chi connectivity index (χ3v) is 3.03. The Morgan fingerprint density at radius 1 is 1.32 bits per heavy atom. The number of carbonyl (C=O) groups is 4. The van der Waals surface area contributed by atoms with Crippen LogP contribution in [0.3, 0.4) is 0 Å². The monoisotopic (exact) mass is 305 g/mol. The molecule has 0 saturated carbocycles. The zero-order chi connectivity index (χ0) is 16.3. The van der Waals surface area contributed by atoms with Crippen molar-refractivity contribution in [3.8, 4) is 0 Å². The Bertz CT molecular complexity index is 612. The summed E-state index contributed by atoms with van der Waals surface area (Å²) in [6.07, 6.45) is 1.29. The molecule has 1 aliphatic heterocycles. The van der Waals surface area contributed by atoms with Gasteiger partial charge in [0.15, 0.2) is 5.78 Å². The van der Waals surface area contributed by atoms with Gasteiger partial charge in [0.05, 0.1) is 5.56 Å². The number of nitrogens with one attached hydrogen (secondary N) is 1. The minimum atomic E-state index is -0.658. The molecule has 9 nitrogen and oxygen atoms in total. The van der Waals surface area contributed by atoms with Crippen LogP contribution in [-0.2, 0) is 14.4 Å². The fourth-order valence-corrected chi connectivity index (χ4v) is 2.03. The van der Waals surface area contributed by atoms with Crippen LogP contribution in [0.2, 0.25) is 0 Å². The van der Waals surface area contributed by atoms with E-state index < -0.39 is 17.7 Å². The maximum absolute atomic E-state index is 12.5. The molecule has 0 unspecified atom stereocenters. The number of hydrogen-bond acceptors (Lipinski definition) is 7. The first-order valence-corrected chi connectivity index (χ1v) is 6.53. The molecule has 1 fully saturated rings. The topological polar surface area (TPSA) is 126 Å². The van der Waals surface area contributed by atoms with E-state index in [0.717, 1.165) is 10.0 Å². The maximum Gasteiger partial charge on any atom is 0.274 e. The number of carbonyl (C=O) groups excluding carboxylic acids is 4. The molecule has 1 aromatic rings. The molecular formula is C13H15N5O4. The van der Waals surface area contributed by atoms with Crippen LogP contribution in [0.15, 0.2) is 18.3 Å². The highest BCUT2D eigenvalue weighted by atomic mass is 16.2. The van der Waals surface area contributed by atoms with Crippen molar-refractivity contribution in [3.05, 3.63) is 23.9 Å². The van der Waals surface area contributed by atoms with E-state index in [1.807, 2.05) is 0 Å². The molecule has 0 aromatic carbocycles. The number of pyridine rings is 1. The molecule has 0 atom stereocenters. The Morgan fingerprint density at radius 3 is 2.41 bits per heavy atom. The van der Waals surface area contributed by atoms with Crippen molar-refractivity contribution in [1.82, 2.24) is 15.0 Å². The Morgan fingerprint density at radius 2 is 1.95 bits per heavy atom. The van der Waals surface area contributed by atoms with Gasteiger partial charge in [0, 0.05) is 19.0 Å². The molecule has 0 radical (unpaired) electrons. The molecule has 1 saturated heterocycles. The minimum absolute atomic E-state index is 0.0226. The summed E-state index contributed by atoms with van der Waals surface area (Å²) in [7, 11) is 0. The maximum atomic E-state index is 12.5. The molecule has 0 aliphatic carbocycles. The van der Waals surface area contributed by atoms with E-state index in [1.165, 1.54) is 25.3 Å². The molecular weight excluding hydrogens is 290 g/mol. The van der Waals surface area contributed by atoms with E-state index in [1.54, 1.807) is 0 Å². The predicted molar refractivity (Wildman–Crippen MR) is 74.9 cm³/mol. The van der Waals surface area contributed by atoms with Gasteiger partial charge in [-0.25, -0.2) is 15.8 Å². The molecule has 1 aliphatic rings. The highest BCUT2D eigenvalue weighted by Crippen LogP contribution is 2.18. The highest BCUT2D eigenvalue weighted by Gasteiger charge is 2.37. The lowest BCUT2D eigenvalue weighted by Crippen LogP contribution is -2.51. The van der Waals surface area contributed by atoms with Crippen molar-refractivity contribution in [2.24, 2.45) is 5.84 Å². The smallest absolute Gasteiger partial charge is 0.274 e. The first-order chi connectivity index (χ1) is 10.4. The lowest BCUT2D eigenvalue weighted by Gasteiger charge is -2.29. The number of rotatable bonds is 5. The van der Waals surface area contributed by atoms with Gasteiger partial charge in [-0.1, -0.05) is 0 Å². The van der Waals surface area contributed by atoms with Crippen molar-refractivity contribution in [2.45, 2.75) is 19.8 Å². The van der Waals surface area contributed by atoms with Gasteiger partial charge in [-0.05, 0) is 19.1 Å². The van der Waals surface area contributed by atoms with Crippen molar-refractivity contribution < 1.29 is 19.2 Å². The Kier molecular flexibility index (Phi) is 4.47. The fourth-order valence-electron chi connectivity index (χ4n) is 2.03. The quantitative estimate of drug-likeness (QED) is 0.425. The van der Waals surface area contributed by atoms with Crippen LogP contribution >= 0.6 is 0 Å². The Balaban J connectivity index is 2.31. The predicted octanol–water partition coefficient (Wildman–Crippen LogP) is -0.538. The first kappa shape index (κ1) is 15.6. The van der Waals surface area contributed by atoms with E-state index in [9.17, 15) is 19.2 Å². The molecule has 3 amide bonds. The number of nitrogens with two attached hydrogens (primary N) is 1. The van der Waals surface area contributed by atoms with Crippen LogP contribution in [0.25, 0.3) is 0 Å². The number of nitrogen functional groups attached to an aromatic ring is 1. The van der Waals surface area contributed by atoms with Crippen LogP contribution in [0.5, 0.6) is 0 Å². The molecule has 9 heteroatoms. The summed E-state index contributed by atoms with van der Waals surface area (Å²) in [5.41, 5.74) is 2.45. The summed E-state index contributed by atoms with van der Waals surface area (Å²) in [4.78, 5) is 51.4. The number of hydrazine groups is 2. The van der Waals surface area contributed by atoms with Gasteiger partial charge >= 0.3 is 0 Å². The van der Waals surface area contributed by atoms with Gasteiger partial charge in [0.25, 0.3) is 5.91 Å². The summed E-state index contributed by atoms with van der Waals surface area (Å²) in [5, 5.41) is 1.59. The SMILES string of the molecule is CC(=O)CN(C(=O)c1ccc(NN)nc1)N1C(=O)CCC1=O. The van der Waals surface area contributed by atoms with Gasteiger partial charge in [-0.3, -0.25) is 19.2 Å². The molecule has 116 valence electrons. The normalized spacial score (nSPS) is 14.2. The van der Waals surface area contributed by atoms with Crippen molar-refractivity contribution in [1.29, 1.82) is 0 Å². The number of aromatic nitrogens is 1.